The van der Waals surface area contributed by atoms with Crippen LogP contribution in [-0.2, 0) is 23.7 Å². The second kappa shape index (κ2) is 6.54. The van der Waals surface area contributed by atoms with Gasteiger partial charge in [-0.05, 0) is 12.2 Å². The van der Waals surface area contributed by atoms with Crippen molar-refractivity contribution in [1.29, 1.82) is 0 Å². The molecule has 1 aromatic rings. The lowest BCUT2D eigenvalue weighted by Crippen LogP contribution is -2.49. The van der Waals surface area contributed by atoms with Crippen molar-refractivity contribution >= 4 is 5.78 Å². The molecule has 5 heteroatoms. The predicted molar refractivity (Wildman–Crippen MR) is 79.0 cm³/mol. The summed E-state index contributed by atoms with van der Waals surface area (Å²) in [7, 11) is 1.52. The van der Waals surface area contributed by atoms with E-state index in [4.69, 9.17) is 18.9 Å². The Balaban J connectivity index is 1.86. The summed E-state index contributed by atoms with van der Waals surface area (Å²) < 4.78 is 22.6. The van der Waals surface area contributed by atoms with Crippen LogP contribution in [0, 0.1) is 0 Å². The normalized spacial score (nSPS) is 31.0. The smallest absolute Gasteiger partial charge is 0.184 e. The molecule has 1 saturated heterocycles. The minimum Gasteiger partial charge on any atom is -0.352 e. The van der Waals surface area contributed by atoms with Crippen molar-refractivity contribution < 1.29 is 23.7 Å². The van der Waals surface area contributed by atoms with E-state index >= 15 is 0 Å². The number of methoxy groups -OCH3 is 1. The average molecular weight is 302 g/mol. The fourth-order valence-electron chi connectivity index (χ4n) is 2.62. The number of benzene rings is 1. The lowest BCUT2D eigenvalue weighted by atomic mass is 9.96. The molecule has 2 heterocycles. The van der Waals surface area contributed by atoms with E-state index in [0.717, 1.165) is 5.56 Å². The van der Waals surface area contributed by atoms with E-state index in [1.54, 1.807) is 6.08 Å². The van der Waals surface area contributed by atoms with Crippen molar-refractivity contribution in [2.45, 2.75) is 24.8 Å². The SMILES string of the molecule is C=CC(=O)C1=C[C@@H](OC)O[C@@H]2COC(c3ccccc3)O[C@@H]12. The molecule has 22 heavy (non-hydrogen) atoms. The molecule has 2 aliphatic heterocycles. The number of carbonyl (C=O) groups excluding carboxylic acids is 1. The molecule has 5 nitrogen and oxygen atoms in total. The van der Waals surface area contributed by atoms with E-state index in [0.29, 0.717) is 12.2 Å². The van der Waals surface area contributed by atoms with Crippen LogP contribution in [0.25, 0.3) is 0 Å². The molecule has 3 rings (SSSR count). The molecule has 1 fully saturated rings. The summed E-state index contributed by atoms with van der Waals surface area (Å²) in [5, 5.41) is 0. The molecule has 0 spiro atoms. The fraction of sp³-hybridized carbons (Fsp3) is 0.353. The van der Waals surface area contributed by atoms with E-state index in [1.165, 1.54) is 13.2 Å². The van der Waals surface area contributed by atoms with Crippen molar-refractivity contribution in [3.05, 3.63) is 60.2 Å². The molecule has 0 aliphatic carbocycles. The third-order valence-electron chi connectivity index (χ3n) is 3.72. The average Bonchev–Trinajstić information content (AvgIpc) is 2.60. The lowest BCUT2D eigenvalue weighted by Gasteiger charge is -2.41. The summed E-state index contributed by atoms with van der Waals surface area (Å²) in [6, 6.07) is 9.60. The zero-order valence-corrected chi connectivity index (χ0v) is 12.3. The Morgan fingerprint density at radius 2 is 2.09 bits per heavy atom. The van der Waals surface area contributed by atoms with Crippen LogP contribution in [0.5, 0.6) is 0 Å². The zero-order chi connectivity index (χ0) is 15.5. The van der Waals surface area contributed by atoms with Crippen molar-refractivity contribution in [2.24, 2.45) is 0 Å². The van der Waals surface area contributed by atoms with Gasteiger partial charge in [0.05, 0.1) is 6.61 Å². The first-order valence-electron chi connectivity index (χ1n) is 7.11. The molecule has 116 valence electrons. The van der Waals surface area contributed by atoms with Crippen molar-refractivity contribution in [3.8, 4) is 0 Å². The molecule has 4 atom stereocenters. The standard InChI is InChI=1S/C17H18O5/c1-3-13(18)12-9-15(19-2)21-14-10-20-17(22-16(12)14)11-7-5-4-6-8-11/h3-9,14-17H,1,10H2,2H3/t14-,15+,16+,17?/m1/s1. The van der Waals surface area contributed by atoms with Crippen LogP contribution in [0.15, 0.2) is 54.6 Å². The maximum absolute atomic E-state index is 12.1. The minimum atomic E-state index is -0.583. The number of hydrogen-bond acceptors (Lipinski definition) is 5. The Kier molecular flexibility index (Phi) is 4.49. The van der Waals surface area contributed by atoms with Gasteiger partial charge in [0.15, 0.2) is 18.4 Å². The number of fused-ring (bicyclic) bond motifs is 1. The Labute approximate surface area is 129 Å². The van der Waals surface area contributed by atoms with Crippen LogP contribution in [0.1, 0.15) is 11.9 Å². The van der Waals surface area contributed by atoms with Gasteiger partial charge in [0.1, 0.15) is 12.2 Å². The van der Waals surface area contributed by atoms with E-state index in [2.05, 4.69) is 6.58 Å². The van der Waals surface area contributed by atoms with Gasteiger partial charge in [0, 0.05) is 18.2 Å². The Bertz CT molecular complexity index is 580. The van der Waals surface area contributed by atoms with Crippen LogP contribution in [0.4, 0.5) is 0 Å². The van der Waals surface area contributed by atoms with Crippen molar-refractivity contribution in [2.75, 3.05) is 13.7 Å². The first-order chi connectivity index (χ1) is 10.7. The molecule has 0 radical (unpaired) electrons. The molecule has 0 N–H and O–H groups in total. The molecule has 1 aromatic carbocycles. The summed E-state index contributed by atoms with van der Waals surface area (Å²) in [4.78, 5) is 12.1. The molecular weight excluding hydrogens is 284 g/mol. The Morgan fingerprint density at radius 1 is 1.32 bits per heavy atom. The largest absolute Gasteiger partial charge is 0.352 e. The third kappa shape index (κ3) is 2.89. The van der Waals surface area contributed by atoms with E-state index in [-0.39, 0.29) is 11.9 Å². The highest BCUT2D eigenvalue weighted by molar-refractivity contribution is 6.04. The van der Waals surface area contributed by atoms with Crippen LogP contribution >= 0.6 is 0 Å². The minimum absolute atomic E-state index is 0.186. The third-order valence-corrected chi connectivity index (χ3v) is 3.72. The molecule has 2 aliphatic rings. The Morgan fingerprint density at radius 3 is 2.77 bits per heavy atom. The predicted octanol–water partition coefficient (Wildman–Crippen LogP) is 2.15. The van der Waals surface area contributed by atoms with Gasteiger partial charge in [-0.1, -0.05) is 36.9 Å². The zero-order valence-electron chi connectivity index (χ0n) is 12.3. The van der Waals surface area contributed by atoms with Crippen LogP contribution < -0.4 is 0 Å². The first-order valence-corrected chi connectivity index (χ1v) is 7.11. The molecule has 0 bridgehead atoms. The van der Waals surface area contributed by atoms with Gasteiger partial charge in [-0.2, -0.15) is 0 Å². The number of carbonyl (C=O) groups is 1. The van der Waals surface area contributed by atoms with Gasteiger partial charge >= 0.3 is 0 Å². The molecule has 0 aromatic heterocycles. The quantitative estimate of drug-likeness (QED) is 0.798. The summed E-state index contributed by atoms with van der Waals surface area (Å²) in [6.45, 7) is 3.87. The molecule has 0 amide bonds. The second-order valence-corrected chi connectivity index (χ2v) is 5.10. The summed E-state index contributed by atoms with van der Waals surface area (Å²) >= 11 is 0. The van der Waals surface area contributed by atoms with Gasteiger partial charge in [0.25, 0.3) is 0 Å². The molecule has 0 saturated carbocycles. The maximum atomic E-state index is 12.1. The van der Waals surface area contributed by atoms with Gasteiger partial charge in [-0.15, -0.1) is 0 Å². The molecular formula is C17H18O5. The monoisotopic (exact) mass is 302 g/mol. The Hall–Kier alpha value is -1.79. The van der Waals surface area contributed by atoms with Crippen molar-refractivity contribution in [1.82, 2.24) is 0 Å². The van der Waals surface area contributed by atoms with E-state index in [9.17, 15) is 4.79 Å². The highest BCUT2D eigenvalue weighted by Crippen LogP contribution is 2.34. The number of rotatable bonds is 4. The number of ketones is 1. The van der Waals surface area contributed by atoms with E-state index < -0.39 is 18.7 Å². The second-order valence-electron chi connectivity index (χ2n) is 5.10. The fourth-order valence-corrected chi connectivity index (χ4v) is 2.62. The van der Waals surface area contributed by atoms with Gasteiger partial charge < -0.3 is 18.9 Å². The van der Waals surface area contributed by atoms with Gasteiger partial charge in [-0.25, -0.2) is 0 Å². The maximum Gasteiger partial charge on any atom is 0.184 e. The van der Waals surface area contributed by atoms with Crippen molar-refractivity contribution in [3.63, 3.8) is 0 Å². The summed E-state index contributed by atoms with van der Waals surface area (Å²) in [5.41, 5.74) is 1.41. The van der Waals surface area contributed by atoms with Gasteiger partial charge in [0.2, 0.25) is 0 Å². The topological polar surface area (TPSA) is 54.0 Å². The van der Waals surface area contributed by atoms with E-state index in [1.807, 2.05) is 30.3 Å². The number of allylic oxidation sites excluding steroid dienone is 1. The summed E-state index contributed by atoms with van der Waals surface area (Å²) in [6.07, 6.45) is 0.937. The van der Waals surface area contributed by atoms with Crippen LogP contribution in [-0.4, -0.2) is 38.0 Å². The van der Waals surface area contributed by atoms with Crippen LogP contribution in [0.3, 0.4) is 0 Å². The number of hydrogen-bond donors (Lipinski definition) is 0. The summed E-state index contributed by atoms with van der Waals surface area (Å²) in [5.74, 6) is -0.186. The highest BCUT2D eigenvalue weighted by Gasteiger charge is 2.41. The lowest BCUT2D eigenvalue weighted by molar-refractivity contribution is -0.283. The molecule has 1 unspecified atom stereocenters. The van der Waals surface area contributed by atoms with Gasteiger partial charge in [-0.3, -0.25) is 4.79 Å². The highest BCUT2D eigenvalue weighted by atomic mass is 16.7. The first kappa shape index (κ1) is 15.1. The van der Waals surface area contributed by atoms with Crippen LogP contribution in [0.2, 0.25) is 0 Å². The number of ether oxygens (including phenoxy) is 4.